The van der Waals surface area contributed by atoms with Gasteiger partial charge in [-0.2, -0.15) is 0 Å². The van der Waals surface area contributed by atoms with Gasteiger partial charge in [0, 0.05) is 31.4 Å². The normalized spacial score (nSPS) is 14.7. The smallest absolute Gasteiger partial charge is 0.255 e. The molecular formula is C20H24ClN3O3. The zero-order valence-corrected chi connectivity index (χ0v) is 16.5. The lowest BCUT2D eigenvalue weighted by Gasteiger charge is -2.30. The third-order valence-corrected chi connectivity index (χ3v) is 5.11. The number of methoxy groups -OCH3 is 2. The van der Waals surface area contributed by atoms with Gasteiger partial charge in [-0.25, -0.2) is 4.98 Å². The standard InChI is InChI=1S/C20H24ClN3O3/c1-13-6-8-24(9-7-13)20(25)14-4-5-19(22-12-14)23-16-11-17(26-2)15(21)10-18(16)27-3/h4-5,10-13H,6-9H2,1-3H3,(H,22,23). The number of piperidine rings is 1. The van der Waals surface area contributed by atoms with E-state index in [1.807, 2.05) is 4.90 Å². The first-order chi connectivity index (χ1) is 13.0. The molecule has 1 saturated heterocycles. The monoisotopic (exact) mass is 389 g/mol. The molecule has 0 radical (unpaired) electrons. The van der Waals surface area contributed by atoms with Gasteiger partial charge in [0.15, 0.2) is 0 Å². The SMILES string of the molecule is COc1cc(Nc2ccc(C(=O)N3CCC(C)CC3)cn2)c(OC)cc1Cl. The van der Waals surface area contributed by atoms with Crippen LogP contribution in [-0.4, -0.2) is 43.1 Å². The summed E-state index contributed by atoms with van der Waals surface area (Å²) in [5, 5.41) is 3.64. The molecule has 0 saturated carbocycles. The average Bonchev–Trinajstić information content (AvgIpc) is 2.69. The number of hydrogen-bond donors (Lipinski definition) is 1. The molecular weight excluding hydrogens is 366 g/mol. The number of hydrogen-bond acceptors (Lipinski definition) is 5. The second-order valence-corrected chi connectivity index (χ2v) is 7.13. The number of nitrogens with one attached hydrogen (secondary N) is 1. The molecule has 0 atom stereocenters. The number of pyridine rings is 1. The number of ether oxygens (including phenoxy) is 2. The van der Waals surface area contributed by atoms with Gasteiger partial charge in [0.05, 0.1) is 30.5 Å². The lowest BCUT2D eigenvalue weighted by molar-refractivity contribution is 0.0697. The molecule has 3 rings (SSSR count). The second kappa shape index (κ2) is 8.48. The fraction of sp³-hybridized carbons (Fsp3) is 0.400. The summed E-state index contributed by atoms with van der Waals surface area (Å²) in [6, 6.07) is 6.99. The third-order valence-electron chi connectivity index (χ3n) is 4.82. The molecule has 144 valence electrons. The van der Waals surface area contributed by atoms with Crippen LogP contribution in [0.15, 0.2) is 30.5 Å². The zero-order chi connectivity index (χ0) is 19.4. The van der Waals surface area contributed by atoms with E-state index < -0.39 is 0 Å². The van der Waals surface area contributed by atoms with Crippen molar-refractivity contribution in [3.63, 3.8) is 0 Å². The first kappa shape index (κ1) is 19.3. The Morgan fingerprint density at radius 2 is 1.89 bits per heavy atom. The first-order valence-corrected chi connectivity index (χ1v) is 9.33. The van der Waals surface area contributed by atoms with E-state index >= 15 is 0 Å². The number of anilines is 2. The molecule has 2 heterocycles. The van der Waals surface area contributed by atoms with Crippen LogP contribution in [0.2, 0.25) is 5.02 Å². The minimum Gasteiger partial charge on any atom is -0.495 e. The van der Waals surface area contributed by atoms with Gasteiger partial charge in [0.2, 0.25) is 0 Å². The van der Waals surface area contributed by atoms with E-state index in [1.54, 1.807) is 44.7 Å². The number of nitrogens with zero attached hydrogens (tertiary/aromatic N) is 2. The minimum atomic E-state index is 0.0340. The molecule has 1 aromatic heterocycles. The molecule has 0 bridgehead atoms. The van der Waals surface area contributed by atoms with Gasteiger partial charge in [-0.05, 0) is 30.9 Å². The van der Waals surface area contributed by atoms with Crippen LogP contribution in [0.3, 0.4) is 0 Å². The summed E-state index contributed by atoms with van der Waals surface area (Å²) >= 11 is 6.13. The number of amides is 1. The highest BCUT2D eigenvalue weighted by Crippen LogP contribution is 2.37. The van der Waals surface area contributed by atoms with Gasteiger partial charge in [-0.1, -0.05) is 18.5 Å². The number of carbonyl (C=O) groups is 1. The van der Waals surface area contributed by atoms with Crippen LogP contribution in [-0.2, 0) is 0 Å². The average molecular weight is 390 g/mol. The van der Waals surface area contributed by atoms with Gasteiger partial charge in [-0.3, -0.25) is 4.79 Å². The van der Waals surface area contributed by atoms with Crippen molar-refractivity contribution in [1.29, 1.82) is 0 Å². The summed E-state index contributed by atoms with van der Waals surface area (Å²) in [7, 11) is 3.12. The van der Waals surface area contributed by atoms with Crippen LogP contribution in [0.25, 0.3) is 0 Å². The Morgan fingerprint density at radius 3 is 2.48 bits per heavy atom. The Bertz CT molecular complexity index is 803. The number of carbonyl (C=O) groups excluding carboxylic acids is 1. The Balaban J connectivity index is 1.73. The maximum atomic E-state index is 12.6. The maximum Gasteiger partial charge on any atom is 0.255 e. The van der Waals surface area contributed by atoms with Crippen molar-refractivity contribution < 1.29 is 14.3 Å². The van der Waals surface area contributed by atoms with Crippen molar-refractivity contribution in [3.8, 4) is 11.5 Å². The number of benzene rings is 1. The highest BCUT2D eigenvalue weighted by Gasteiger charge is 2.21. The quantitative estimate of drug-likeness (QED) is 0.822. The van der Waals surface area contributed by atoms with E-state index in [2.05, 4.69) is 17.2 Å². The summed E-state index contributed by atoms with van der Waals surface area (Å²) < 4.78 is 10.6. The van der Waals surface area contributed by atoms with Crippen LogP contribution in [0.5, 0.6) is 11.5 Å². The summed E-state index contributed by atoms with van der Waals surface area (Å²) in [6.07, 6.45) is 3.70. The van der Waals surface area contributed by atoms with Crippen molar-refractivity contribution in [2.45, 2.75) is 19.8 Å². The van der Waals surface area contributed by atoms with Gasteiger partial charge in [0.1, 0.15) is 17.3 Å². The lowest BCUT2D eigenvalue weighted by Crippen LogP contribution is -2.37. The number of likely N-dealkylation sites (tertiary alicyclic amines) is 1. The third kappa shape index (κ3) is 4.45. The van der Waals surface area contributed by atoms with Crippen LogP contribution in [0, 0.1) is 5.92 Å². The van der Waals surface area contributed by atoms with Gasteiger partial charge < -0.3 is 19.7 Å². The Labute approximate surface area is 164 Å². The Morgan fingerprint density at radius 1 is 1.19 bits per heavy atom. The molecule has 2 aromatic rings. The zero-order valence-electron chi connectivity index (χ0n) is 15.8. The van der Waals surface area contributed by atoms with Crippen molar-refractivity contribution in [1.82, 2.24) is 9.88 Å². The number of rotatable bonds is 5. The summed E-state index contributed by atoms with van der Waals surface area (Å²) in [5.74, 6) is 2.43. The first-order valence-electron chi connectivity index (χ1n) is 8.95. The largest absolute Gasteiger partial charge is 0.495 e. The molecule has 1 aliphatic heterocycles. The molecule has 27 heavy (non-hydrogen) atoms. The number of halogens is 1. The minimum absolute atomic E-state index is 0.0340. The molecule has 0 unspecified atom stereocenters. The van der Waals surface area contributed by atoms with Crippen LogP contribution in [0.1, 0.15) is 30.1 Å². The summed E-state index contributed by atoms with van der Waals surface area (Å²) in [4.78, 5) is 18.9. The predicted octanol–water partition coefficient (Wildman–Crippen LogP) is 4.37. The Kier molecular flexibility index (Phi) is 6.06. The van der Waals surface area contributed by atoms with Crippen LogP contribution >= 0.6 is 11.6 Å². The molecule has 7 heteroatoms. The molecule has 0 aliphatic carbocycles. The van der Waals surface area contributed by atoms with Crippen molar-refractivity contribution in [2.75, 3.05) is 32.6 Å². The molecule has 1 fully saturated rings. The highest BCUT2D eigenvalue weighted by atomic mass is 35.5. The van der Waals surface area contributed by atoms with E-state index in [0.29, 0.717) is 39.5 Å². The second-order valence-electron chi connectivity index (χ2n) is 6.72. The molecule has 1 aromatic carbocycles. The van der Waals surface area contributed by atoms with E-state index in [9.17, 15) is 4.79 Å². The molecule has 1 N–H and O–H groups in total. The van der Waals surface area contributed by atoms with Crippen molar-refractivity contribution in [2.24, 2.45) is 5.92 Å². The number of aromatic nitrogens is 1. The van der Waals surface area contributed by atoms with Gasteiger partial charge in [-0.15, -0.1) is 0 Å². The molecule has 1 aliphatic rings. The Hall–Kier alpha value is -2.47. The maximum absolute atomic E-state index is 12.6. The summed E-state index contributed by atoms with van der Waals surface area (Å²) in [5.41, 5.74) is 1.27. The molecule has 6 nitrogen and oxygen atoms in total. The van der Waals surface area contributed by atoms with Crippen molar-refractivity contribution in [3.05, 3.63) is 41.0 Å². The van der Waals surface area contributed by atoms with Gasteiger partial charge in [0.25, 0.3) is 5.91 Å². The van der Waals surface area contributed by atoms with Crippen molar-refractivity contribution >= 4 is 29.0 Å². The van der Waals surface area contributed by atoms with E-state index in [1.165, 1.54) is 0 Å². The van der Waals surface area contributed by atoms with E-state index in [4.69, 9.17) is 21.1 Å². The van der Waals surface area contributed by atoms with E-state index in [-0.39, 0.29) is 5.91 Å². The fourth-order valence-corrected chi connectivity index (χ4v) is 3.32. The predicted molar refractivity (Wildman–Crippen MR) is 106 cm³/mol. The highest BCUT2D eigenvalue weighted by molar-refractivity contribution is 6.32. The topological polar surface area (TPSA) is 63.7 Å². The fourth-order valence-electron chi connectivity index (χ4n) is 3.08. The molecule has 0 spiro atoms. The van der Waals surface area contributed by atoms with Crippen LogP contribution < -0.4 is 14.8 Å². The van der Waals surface area contributed by atoms with Gasteiger partial charge >= 0.3 is 0 Å². The molecule has 1 amide bonds. The summed E-state index contributed by atoms with van der Waals surface area (Å²) in [6.45, 7) is 3.84. The van der Waals surface area contributed by atoms with E-state index in [0.717, 1.165) is 25.9 Å². The van der Waals surface area contributed by atoms with Crippen LogP contribution in [0.4, 0.5) is 11.5 Å². The lowest BCUT2D eigenvalue weighted by atomic mass is 9.99.